The summed E-state index contributed by atoms with van der Waals surface area (Å²) < 4.78 is 24.1. The molecule has 2 unspecified atom stereocenters. The molecule has 6 fully saturated rings. The first-order valence-electron chi connectivity index (χ1n) is 12.5. The van der Waals surface area contributed by atoms with Crippen LogP contribution in [-0.4, -0.2) is 38.6 Å². The van der Waals surface area contributed by atoms with Crippen molar-refractivity contribution in [2.45, 2.75) is 89.3 Å². The maximum Gasteiger partial charge on any atom is 0.130 e. The Balaban J connectivity index is 1.47. The Morgan fingerprint density at radius 3 is 1.81 bits per heavy atom. The normalized spacial score (nSPS) is 37.7. The highest BCUT2D eigenvalue weighted by Gasteiger charge is 2.53. The van der Waals surface area contributed by atoms with E-state index in [0.29, 0.717) is 13.2 Å². The molecule has 4 bridgehead atoms. The molecule has 2 aliphatic heterocycles. The van der Waals surface area contributed by atoms with Gasteiger partial charge in [0.2, 0.25) is 0 Å². The van der Waals surface area contributed by atoms with Crippen LogP contribution in [-0.2, 0) is 20.3 Å². The predicted octanol–water partition coefficient (Wildman–Crippen LogP) is 5.32. The van der Waals surface area contributed by atoms with Gasteiger partial charge in [-0.15, -0.1) is 0 Å². The van der Waals surface area contributed by atoms with Gasteiger partial charge in [-0.25, -0.2) is 0 Å². The fourth-order valence-corrected chi connectivity index (χ4v) is 7.32. The molecule has 7 rings (SSSR count). The van der Waals surface area contributed by atoms with Crippen molar-refractivity contribution in [2.75, 3.05) is 26.4 Å². The van der Waals surface area contributed by atoms with Crippen LogP contribution < -0.4 is 9.47 Å². The maximum atomic E-state index is 6.69. The van der Waals surface area contributed by atoms with E-state index in [0.717, 1.165) is 42.5 Å². The number of epoxide rings is 2. The minimum atomic E-state index is -0.0669. The van der Waals surface area contributed by atoms with Crippen LogP contribution in [0.4, 0.5) is 0 Å². The quantitative estimate of drug-likeness (QED) is 0.554. The summed E-state index contributed by atoms with van der Waals surface area (Å²) in [6.07, 6.45) is 8.90. The van der Waals surface area contributed by atoms with Gasteiger partial charge >= 0.3 is 0 Å². The zero-order valence-corrected chi connectivity index (χ0v) is 19.7. The zero-order chi connectivity index (χ0) is 21.4. The molecule has 4 aliphatic carbocycles. The van der Waals surface area contributed by atoms with Crippen LogP contribution in [0.15, 0.2) is 6.07 Å². The highest BCUT2D eigenvalue weighted by Crippen LogP contribution is 2.63. The van der Waals surface area contributed by atoms with Crippen molar-refractivity contribution in [3.05, 3.63) is 22.8 Å². The summed E-state index contributed by atoms with van der Waals surface area (Å²) in [7, 11) is 0. The van der Waals surface area contributed by atoms with Crippen LogP contribution >= 0.6 is 0 Å². The minimum Gasteiger partial charge on any atom is -0.490 e. The van der Waals surface area contributed by atoms with E-state index in [9.17, 15) is 0 Å². The lowest BCUT2D eigenvalue weighted by Gasteiger charge is -2.57. The molecule has 0 aromatic heterocycles. The molecule has 1 aromatic carbocycles. The van der Waals surface area contributed by atoms with Gasteiger partial charge in [-0.3, -0.25) is 0 Å². The fraction of sp³-hybridized carbons (Fsp3) is 0.778. The van der Waals surface area contributed by atoms with Crippen LogP contribution in [0.5, 0.6) is 11.5 Å². The van der Waals surface area contributed by atoms with Gasteiger partial charge in [0.1, 0.15) is 36.9 Å². The van der Waals surface area contributed by atoms with E-state index in [-0.39, 0.29) is 23.0 Å². The number of rotatable bonds is 7. The van der Waals surface area contributed by atoms with Gasteiger partial charge in [-0.05, 0) is 85.7 Å². The van der Waals surface area contributed by atoms with Crippen molar-refractivity contribution >= 4 is 0 Å². The van der Waals surface area contributed by atoms with Gasteiger partial charge in [0.25, 0.3) is 0 Å². The third-order valence-corrected chi connectivity index (χ3v) is 8.41. The number of hydrogen-bond donors (Lipinski definition) is 0. The summed E-state index contributed by atoms with van der Waals surface area (Å²) in [5, 5.41) is 0. The van der Waals surface area contributed by atoms with Gasteiger partial charge in [0, 0.05) is 11.1 Å². The molecular weight excluding hydrogens is 388 g/mol. The lowest BCUT2D eigenvalue weighted by atomic mass is 9.47. The van der Waals surface area contributed by atoms with Gasteiger partial charge in [-0.2, -0.15) is 0 Å². The molecule has 4 nitrogen and oxygen atoms in total. The SMILES string of the molecule is Cc1cc(C23CC4CC(CC(C4)C2)C3)c(OCC2CO2)c(C(C)(C)C)c1OCC1CO1. The molecule has 4 heteroatoms. The molecule has 0 spiro atoms. The Morgan fingerprint density at radius 1 is 0.871 bits per heavy atom. The number of aryl methyl sites for hydroxylation is 1. The summed E-state index contributed by atoms with van der Waals surface area (Å²) in [6, 6.07) is 2.44. The van der Waals surface area contributed by atoms with Gasteiger partial charge in [0.05, 0.1) is 13.2 Å². The van der Waals surface area contributed by atoms with Crippen molar-refractivity contribution in [2.24, 2.45) is 17.8 Å². The van der Waals surface area contributed by atoms with Gasteiger partial charge in [0.15, 0.2) is 0 Å². The topological polar surface area (TPSA) is 43.5 Å². The fourth-order valence-electron chi connectivity index (χ4n) is 7.32. The molecule has 0 amide bonds. The van der Waals surface area contributed by atoms with Crippen molar-refractivity contribution in [1.82, 2.24) is 0 Å². The molecule has 4 saturated carbocycles. The Labute approximate surface area is 187 Å². The molecule has 2 atom stereocenters. The third-order valence-electron chi connectivity index (χ3n) is 8.41. The second-order valence-electron chi connectivity index (χ2n) is 12.3. The second-order valence-corrected chi connectivity index (χ2v) is 12.3. The summed E-state index contributed by atoms with van der Waals surface area (Å²) in [6.45, 7) is 12.0. The number of benzene rings is 1. The lowest BCUT2D eigenvalue weighted by Crippen LogP contribution is -2.48. The van der Waals surface area contributed by atoms with E-state index in [2.05, 4.69) is 33.8 Å². The summed E-state index contributed by atoms with van der Waals surface area (Å²) in [4.78, 5) is 0. The first-order valence-corrected chi connectivity index (χ1v) is 12.5. The third kappa shape index (κ3) is 3.78. The van der Waals surface area contributed by atoms with Crippen LogP contribution in [0.3, 0.4) is 0 Å². The Morgan fingerprint density at radius 2 is 1.35 bits per heavy atom. The van der Waals surface area contributed by atoms with E-state index < -0.39 is 0 Å². The van der Waals surface area contributed by atoms with Gasteiger partial charge in [-0.1, -0.05) is 20.8 Å². The molecule has 6 aliphatic rings. The van der Waals surface area contributed by atoms with E-state index in [1.165, 1.54) is 55.2 Å². The monoisotopic (exact) mass is 426 g/mol. The van der Waals surface area contributed by atoms with Crippen molar-refractivity contribution in [3.8, 4) is 11.5 Å². The summed E-state index contributed by atoms with van der Waals surface area (Å²) >= 11 is 0. The van der Waals surface area contributed by atoms with Crippen LogP contribution in [0.2, 0.25) is 0 Å². The standard InChI is InChI=1S/C27H38O4/c1-16-5-22(27-9-17-6-18(10-27)8-19(7-17)11-27)25(31-15-21-13-29-21)23(26(2,3)4)24(16)30-14-20-12-28-20/h5,17-21H,6-15H2,1-4H3. The molecule has 0 N–H and O–H groups in total. The Bertz CT molecular complexity index is 824. The lowest BCUT2D eigenvalue weighted by molar-refractivity contribution is -0.00662. The van der Waals surface area contributed by atoms with Crippen LogP contribution in [0, 0.1) is 24.7 Å². The van der Waals surface area contributed by atoms with Gasteiger partial charge < -0.3 is 18.9 Å². The first-order chi connectivity index (χ1) is 14.8. The van der Waals surface area contributed by atoms with E-state index >= 15 is 0 Å². The van der Waals surface area contributed by atoms with E-state index in [1.807, 2.05) is 0 Å². The van der Waals surface area contributed by atoms with Crippen molar-refractivity contribution in [1.29, 1.82) is 0 Å². The first kappa shape index (κ1) is 20.4. The predicted molar refractivity (Wildman–Crippen MR) is 120 cm³/mol. The summed E-state index contributed by atoms with van der Waals surface area (Å²) in [5.74, 6) is 4.86. The molecule has 1 aromatic rings. The zero-order valence-electron chi connectivity index (χ0n) is 19.7. The highest BCUT2D eigenvalue weighted by molar-refractivity contribution is 5.60. The smallest absolute Gasteiger partial charge is 0.130 e. The highest BCUT2D eigenvalue weighted by atomic mass is 16.6. The molecule has 2 heterocycles. The minimum absolute atomic E-state index is 0.0669. The van der Waals surface area contributed by atoms with E-state index in [1.54, 1.807) is 0 Å². The molecular formula is C27H38O4. The maximum absolute atomic E-state index is 6.69. The van der Waals surface area contributed by atoms with Crippen molar-refractivity contribution in [3.63, 3.8) is 0 Å². The van der Waals surface area contributed by atoms with Crippen LogP contribution in [0.1, 0.15) is 76.0 Å². The molecule has 31 heavy (non-hydrogen) atoms. The summed E-state index contributed by atoms with van der Waals surface area (Å²) in [5.41, 5.74) is 4.20. The average Bonchev–Trinajstić information content (AvgIpc) is 3.58. The largest absolute Gasteiger partial charge is 0.490 e. The average molecular weight is 427 g/mol. The number of ether oxygens (including phenoxy) is 4. The Hall–Kier alpha value is -1.26. The van der Waals surface area contributed by atoms with E-state index in [4.69, 9.17) is 18.9 Å². The Kier molecular flexibility index (Phi) is 4.67. The molecule has 170 valence electrons. The van der Waals surface area contributed by atoms with Crippen LogP contribution in [0.25, 0.3) is 0 Å². The number of hydrogen-bond acceptors (Lipinski definition) is 4. The van der Waals surface area contributed by atoms with Crippen molar-refractivity contribution < 1.29 is 18.9 Å². The second kappa shape index (κ2) is 7.12. The molecule has 2 saturated heterocycles. The molecule has 0 radical (unpaired) electrons.